The minimum Gasteiger partial charge on any atom is -0.0619 e. The normalized spacial score (nSPS) is 13.6. The van der Waals surface area contributed by atoms with Crippen LogP contribution in [0.1, 0.15) is 27.8 Å². The topological polar surface area (TPSA) is 0 Å². The summed E-state index contributed by atoms with van der Waals surface area (Å²) in [7, 11) is 0. The van der Waals surface area contributed by atoms with E-state index < -0.39 is 5.41 Å². The highest BCUT2D eigenvalue weighted by Crippen LogP contribution is 2.63. The fourth-order valence-corrected chi connectivity index (χ4v) is 10.2. The molecule has 0 saturated carbocycles. The molecule has 0 atom stereocenters. The Balaban J connectivity index is 1.23. The summed E-state index contributed by atoms with van der Waals surface area (Å²) in [5.74, 6) is 0. The van der Waals surface area contributed by atoms with Crippen LogP contribution in [0.2, 0.25) is 0 Å². The van der Waals surface area contributed by atoms with Gasteiger partial charge in [-0.3, -0.25) is 0 Å². The van der Waals surface area contributed by atoms with Crippen LogP contribution in [-0.2, 0) is 5.41 Å². The molecular weight excluding hydrogens is 625 g/mol. The summed E-state index contributed by atoms with van der Waals surface area (Å²) < 4.78 is 0. The van der Waals surface area contributed by atoms with Gasteiger partial charge in [-0.2, -0.15) is 0 Å². The summed E-state index contributed by atoms with van der Waals surface area (Å²) in [6.07, 6.45) is 0. The molecule has 2 aliphatic rings. The number of rotatable bonds is 2. The zero-order valence-corrected chi connectivity index (χ0v) is 28.7. The molecule has 0 fully saturated rings. The Morgan fingerprint density at radius 3 is 1.67 bits per heavy atom. The van der Waals surface area contributed by atoms with E-state index in [1.165, 1.54) is 115 Å². The van der Waals surface area contributed by atoms with Gasteiger partial charge in [0.05, 0.1) is 5.41 Å². The molecule has 10 aromatic carbocycles. The van der Waals surface area contributed by atoms with Crippen LogP contribution in [0.15, 0.2) is 176 Å². The lowest BCUT2D eigenvalue weighted by molar-refractivity contribution is 0.797. The van der Waals surface area contributed by atoms with Crippen LogP contribution in [0.4, 0.5) is 0 Å². The van der Waals surface area contributed by atoms with E-state index >= 15 is 0 Å². The van der Waals surface area contributed by atoms with Gasteiger partial charge in [-0.1, -0.05) is 163 Å². The molecule has 52 heavy (non-hydrogen) atoms. The highest BCUT2D eigenvalue weighted by Gasteiger charge is 2.50. The van der Waals surface area contributed by atoms with Crippen LogP contribution in [-0.4, -0.2) is 0 Å². The third-order valence-corrected chi connectivity index (χ3v) is 12.2. The second-order valence-corrected chi connectivity index (χ2v) is 14.8. The summed E-state index contributed by atoms with van der Waals surface area (Å²) in [4.78, 5) is 0. The smallest absolute Gasteiger partial charge is 0.0619 e. The quantitative estimate of drug-likeness (QED) is 0.128. The lowest BCUT2D eigenvalue weighted by Crippen LogP contribution is -2.26. The highest BCUT2D eigenvalue weighted by atomic mass is 14.5. The Morgan fingerprint density at radius 2 is 0.885 bits per heavy atom. The standard InChI is InChI=1S/C52H32/c1-31-21-26-42-43(27-31)48(35-24-22-32-11-2-3-12-34(32)28-35)40-16-4-5-17-41(40)49(42)37-29-36-25-23-33-13-10-20-46-50(33)51(36)47(30-37)52(46)44-18-8-6-14-38(44)39-15-7-9-19-45(39)52/h2-30H,1H3. The Hall–Kier alpha value is -6.50. The fraction of sp³-hybridized carbons (Fsp3) is 0.0385. The molecule has 240 valence electrons. The second kappa shape index (κ2) is 10.1. The zero-order valence-electron chi connectivity index (χ0n) is 28.7. The maximum Gasteiger partial charge on any atom is 0.0726 e. The monoisotopic (exact) mass is 656 g/mol. The molecule has 0 heterocycles. The van der Waals surface area contributed by atoms with Crippen molar-refractivity contribution in [3.63, 3.8) is 0 Å². The predicted octanol–water partition coefficient (Wildman–Crippen LogP) is 13.8. The van der Waals surface area contributed by atoms with Gasteiger partial charge in [0.25, 0.3) is 0 Å². The summed E-state index contributed by atoms with van der Waals surface area (Å²) in [5, 5.41) is 13.1. The maximum atomic E-state index is 2.57. The van der Waals surface area contributed by atoms with Gasteiger partial charge >= 0.3 is 0 Å². The minimum atomic E-state index is -0.391. The molecule has 0 radical (unpaired) electrons. The molecular formula is C52H32. The number of aryl methyl sites for hydroxylation is 1. The summed E-state index contributed by atoms with van der Waals surface area (Å²) in [6, 6.07) is 66.7. The first kappa shape index (κ1) is 28.2. The third kappa shape index (κ3) is 3.47. The highest BCUT2D eigenvalue weighted by molar-refractivity contribution is 6.24. The van der Waals surface area contributed by atoms with E-state index in [1.54, 1.807) is 0 Å². The van der Waals surface area contributed by atoms with Crippen molar-refractivity contribution in [1.82, 2.24) is 0 Å². The van der Waals surface area contributed by atoms with E-state index in [2.05, 4.69) is 183 Å². The van der Waals surface area contributed by atoms with E-state index in [9.17, 15) is 0 Å². The average Bonchev–Trinajstić information content (AvgIpc) is 3.67. The Kier molecular flexibility index (Phi) is 5.46. The van der Waals surface area contributed by atoms with Gasteiger partial charge in [-0.15, -0.1) is 0 Å². The molecule has 0 unspecified atom stereocenters. The number of hydrogen-bond acceptors (Lipinski definition) is 0. The lowest BCUT2D eigenvalue weighted by atomic mass is 9.69. The van der Waals surface area contributed by atoms with Crippen molar-refractivity contribution >= 4 is 53.9 Å². The van der Waals surface area contributed by atoms with Crippen molar-refractivity contribution in [1.29, 1.82) is 0 Å². The van der Waals surface area contributed by atoms with Crippen LogP contribution < -0.4 is 0 Å². The van der Waals surface area contributed by atoms with E-state index in [0.717, 1.165) is 0 Å². The van der Waals surface area contributed by atoms with Crippen molar-refractivity contribution < 1.29 is 0 Å². The number of hydrogen-bond donors (Lipinski definition) is 0. The average molecular weight is 657 g/mol. The molecule has 1 spiro atoms. The first-order chi connectivity index (χ1) is 25.7. The molecule has 0 amide bonds. The molecule has 0 aromatic heterocycles. The Morgan fingerprint density at radius 1 is 0.327 bits per heavy atom. The van der Waals surface area contributed by atoms with Gasteiger partial charge in [-0.25, -0.2) is 0 Å². The second-order valence-electron chi connectivity index (χ2n) is 14.8. The molecule has 0 heteroatoms. The number of benzene rings is 10. The van der Waals surface area contributed by atoms with E-state index in [0.29, 0.717) is 0 Å². The molecule has 0 bridgehead atoms. The van der Waals surface area contributed by atoms with Crippen molar-refractivity contribution in [2.75, 3.05) is 0 Å². The first-order valence-corrected chi connectivity index (χ1v) is 18.3. The van der Waals surface area contributed by atoms with E-state index in [4.69, 9.17) is 0 Å². The molecule has 10 aromatic rings. The number of fused-ring (bicyclic) bond motifs is 10. The molecule has 0 N–H and O–H groups in total. The van der Waals surface area contributed by atoms with Crippen LogP contribution >= 0.6 is 0 Å². The summed E-state index contributed by atoms with van der Waals surface area (Å²) >= 11 is 0. The van der Waals surface area contributed by atoms with Gasteiger partial charge < -0.3 is 0 Å². The molecule has 0 saturated heterocycles. The third-order valence-electron chi connectivity index (χ3n) is 12.2. The summed E-state index contributed by atoms with van der Waals surface area (Å²) in [6.45, 7) is 2.22. The van der Waals surface area contributed by atoms with Gasteiger partial charge in [0.15, 0.2) is 0 Å². The van der Waals surface area contributed by atoms with Crippen LogP contribution in [0, 0.1) is 6.92 Å². The largest absolute Gasteiger partial charge is 0.0726 e. The maximum absolute atomic E-state index is 2.57. The van der Waals surface area contributed by atoms with Crippen molar-refractivity contribution in [3.05, 3.63) is 204 Å². The van der Waals surface area contributed by atoms with Crippen LogP contribution in [0.25, 0.3) is 87.2 Å². The molecule has 0 nitrogen and oxygen atoms in total. The minimum absolute atomic E-state index is 0.391. The lowest BCUT2D eigenvalue weighted by Gasteiger charge is -2.31. The fourth-order valence-electron chi connectivity index (χ4n) is 10.2. The van der Waals surface area contributed by atoms with Gasteiger partial charge in [0, 0.05) is 0 Å². The molecule has 2 aliphatic carbocycles. The molecule has 0 aliphatic heterocycles. The Labute approximate surface area is 302 Å². The van der Waals surface area contributed by atoms with Crippen molar-refractivity contribution in [2.45, 2.75) is 12.3 Å². The van der Waals surface area contributed by atoms with Gasteiger partial charge in [0.1, 0.15) is 0 Å². The van der Waals surface area contributed by atoms with Gasteiger partial charge in [0.2, 0.25) is 0 Å². The van der Waals surface area contributed by atoms with Crippen LogP contribution in [0.3, 0.4) is 0 Å². The predicted molar refractivity (Wildman–Crippen MR) is 220 cm³/mol. The van der Waals surface area contributed by atoms with Gasteiger partial charge in [-0.05, 0) is 135 Å². The zero-order chi connectivity index (χ0) is 34.1. The van der Waals surface area contributed by atoms with Crippen molar-refractivity contribution in [2.24, 2.45) is 0 Å². The first-order valence-electron chi connectivity index (χ1n) is 18.3. The van der Waals surface area contributed by atoms with E-state index in [1.807, 2.05) is 0 Å². The Bertz CT molecular complexity index is 3150. The van der Waals surface area contributed by atoms with Crippen molar-refractivity contribution in [3.8, 4) is 33.4 Å². The molecule has 12 rings (SSSR count). The SMILES string of the molecule is Cc1ccc2c(-c3cc4c5c(ccc6cccc(c65)C45c4ccccc4-c4ccccc45)c3)c3ccccc3c(-c3ccc4ccccc4c3)c2c1. The van der Waals surface area contributed by atoms with Crippen LogP contribution in [0.5, 0.6) is 0 Å². The van der Waals surface area contributed by atoms with E-state index in [-0.39, 0.29) is 0 Å². The summed E-state index contributed by atoms with van der Waals surface area (Å²) in [5.41, 5.74) is 14.3.